The predicted octanol–water partition coefficient (Wildman–Crippen LogP) is -0.314. The summed E-state index contributed by atoms with van der Waals surface area (Å²) >= 11 is 0. The van der Waals surface area contributed by atoms with Gasteiger partial charge < -0.3 is 9.64 Å². The molecule has 158 valence electrons. The van der Waals surface area contributed by atoms with E-state index in [9.17, 15) is 18.0 Å². The molecule has 2 saturated heterocycles. The molecular formula is C17H29N5O5S. The topological polar surface area (TPSA) is 120 Å². The van der Waals surface area contributed by atoms with Crippen LogP contribution >= 0.6 is 0 Å². The van der Waals surface area contributed by atoms with E-state index in [0.29, 0.717) is 12.8 Å². The molecule has 2 saturated carbocycles. The molecule has 3 amide bonds. The summed E-state index contributed by atoms with van der Waals surface area (Å²) in [5, 5.41) is -0.610. The summed E-state index contributed by atoms with van der Waals surface area (Å²) in [6.07, 6.45) is 2.16. The minimum atomic E-state index is -3.50. The SMILES string of the molecule is CC1NNC(CN2C(=O)C3CC(S(=O)(=O)NC4(C)CC4)CCC3N(C)C2=O)O1. The zero-order chi connectivity index (χ0) is 20.3. The Morgan fingerprint density at radius 2 is 1.96 bits per heavy atom. The summed E-state index contributed by atoms with van der Waals surface area (Å²) in [7, 11) is -1.82. The number of amides is 3. The molecule has 10 nitrogen and oxygen atoms in total. The maximum atomic E-state index is 13.1. The van der Waals surface area contributed by atoms with Crippen LogP contribution in [-0.2, 0) is 19.6 Å². The van der Waals surface area contributed by atoms with Crippen LogP contribution in [0.3, 0.4) is 0 Å². The summed E-state index contributed by atoms with van der Waals surface area (Å²) in [5.41, 5.74) is 5.46. The van der Waals surface area contributed by atoms with Crippen molar-refractivity contribution in [2.45, 2.75) is 75.2 Å². The smallest absolute Gasteiger partial charge is 0.326 e. The maximum absolute atomic E-state index is 13.1. The Bertz CT molecular complexity index is 770. The third kappa shape index (κ3) is 3.65. The van der Waals surface area contributed by atoms with Crippen molar-refractivity contribution in [2.75, 3.05) is 13.6 Å². The molecule has 0 bridgehead atoms. The normalized spacial score (nSPS) is 37.9. The summed E-state index contributed by atoms with van der Waals surface area (Å²) in [6, 6.07) is -0.616. The number of ether oxygens (including phenoxy) is 1. The Kier molecular flexibility index (Phi) is 4.94. The number of hydrogen-bond acceptors (Lipinski definition) is 7. The molecule has 5 atom stereocenters. The van der Waals surface area contributed by atoms with Crippen LogP contribution in [0.2, 0.25) is 0 Å². The van der Waals surface area contributed by atoms with Crippen molar-refractivity contribution >= 4 is 22.0 Å². The quantitative estimate of drug-likeness (QED) is 0.563. The number of carbonyl (C=O) groups excluding carboxylic acids is 2. The van der Waals surface area contributed by atoms with Gasteiger partial charge in [-0.1, -0.05) is 0 Å². The average Bonchev–Trinajstić information content (AvgIpc) is 3.20. The third-order valence-corrected chi connectivity index (χ3v) is 8.45. The Hall–Kier alpha value is -1.27. The van der Waals surface area contributed by atoms with Crippen LogP contribution < -0.4 is 15.6 Å². The van der Waals surface area contributed by atoms with Crippen molar-refractivity contribution in [3.05, 3.63) is 0 Å². The molecule has 4 rings (SSSR count). The van der Waals surface area contributed by atoms with E-state index in [-0.39, 0.29) is 42.7 Å². The lowest BCUT2D eigenvalue weighted by Gasteiger charge is -2.47. The van der Waals surface area contributed by atoms with Gasteiger partial charge in [0.2, 0.25) is 15.9 Å². The largest absolute Gasteiger partial charge is 0.341 e. The highest BCUT2D eigenvalue weighted by molar-refractivity contribution is 7.90. The zero-order valence-corrected chi connectivity index (χ0v) is 17.3. The van der Waals surface area contributed by atoms with Gasteiger partial charge in [0.05, 0.1) is 17.7 Å². The molecule has 4 fully saturated rings. The van der Waals surface area contributed by atoms with Gasteiger partial charge in [0, 0.05) is 18.6 Å². The van der Waals surface area contributed by atoms with Gasteiger partial charge in [-0.15, -0.1) is 0 Å². The first-order chi connectivity index (χ1) is 13.1. The molecule has 11 heteroatoms. The van der Waals surface area contributed by atoms with Crippen molar-refractivity contribution < 1.29 is 22.7 Å². The molecular weight excluding hydrogens is 386 g/mol. The number of hydrazine groups is 1. The number of nitrogens with one attached hydrogen (secondary N) is 3. The van der Waals surface area contributed by atoms with Crippen LogP contribution in [0.1, 0.15) is 46.0 Å². The predicted molar refractivity (Wildman–Crippen MR) is 100 cm³/mol. The maximum Gasteiger partial charge on any atom is 0.326 e. The summed E-state index contributed by atoms with van der Waals surface area (Å²) in [5.74, 6) is -0.826. The van der Waals surface area contributed by atoms with E-state index < -0.39 is 27.4 Å². The highest BCUT2D eigenvalue weighted by Gasteiger charge is 2.51. The van der Waals surface area contributed by atoms with Crippen LogP contribution in [0.4, 0.5) is 4.79 Å². The van der Waals surface area contributed by atoms with E-state index in [1.165, 1.54) is 4.90 Å². The number of sulfonamides is 1. The number of fused-ring (bicyclic) bond motifs is 1. The lowest BCUT2D eigenvalue weighted by molar-refractivity contribution is -0.141. The highest BCUT2D eigenvalue weighted by Crippen LogP contribution is 2.39. The monoisotopic (exact) mass is 415 g/mol. The molecule has 0 aromatic carbocycles. The molecule has 2 heterocycles. The fraction of sp³-hybridized carbons (Fsp3) is 0.882. The fourth-order valence-electron chi connectivity index (χ4n) is 4.42. The van der Waals surface area contributed by atoms with Crippen LogP contribution in [-0.4, -0.2) is 73.0 Å². The number of nitrogens with zero attached hydrogens (tertiary/aromatic N) is 2. The van der Waals surface area contributed by atoms with Crippen molar-refractivity contribution in [3.8, 4) is 0 Å². The molecule has 3 N–H and O–H groups in total. The molecule has 4 aliphatic rings. The first kappa shape index (κ1) is 20.0. The number of imide groups is 1. The standard InChI is InChI=1S/C17H29N5O5S/c1-10-18-19-14(27-10)9-22-15(23)12-8-11(4-5-13(12)21(3)16(22)24)28(25,26)20-17(2)6-7-17/h10-14,18-20H,4-9H2,1-3H3. The number of urea groups is 1. The second kappa shape index (κ2) is 6.91. The van der Waals surface area contributed by atoms with Gasteiger partial charge in [-0.25, -0.2) is 28.8 Å². The molecule has 0 radical (unpaired) electrons. The molecule has 0 aromatic rings. The van der Waals surface area contributed by atoms with E-state index in [1.807, 2.05) is 13.8 Å². The van der Waals surface area contributed by atoms with Gasteiger partial charge in [-0.05, 0) is 46.0 Å². The van der Waals surface area contributed by atoms with Crippen LogP contribution in [0.15, 0.2) is 0 Å². The van der Waals surface area contributed by atoms with Crippen molar-refractivity contribution in [1.82, 2.24) is 25.4 Å². The van der Waals surface area contributed by atoms with Gasteiger partial charge in [-0.3, -0.25) is 9.69 Å². The molecule has 5 unspecified atom stereocenters. The van der Waals surface area contributed by atoms with Crippen LogP contribution in [0, 0.1) is 5.92 Å². The van der Waals surface area contributed by atoms with E-state index >= 15 is 0 Å². The lowest BCUT2D eigenvalue weighted by Crippen LogP contribution is -2.64. The fourth-order valence-corrected chi connectivity index (χ4v) is 6.38. The number of rotatable bonds is 5. The zero-order valence-electron chi connectivity index (χ0n) is 16.5. The second-order valence-corrected chi connectivity index (χ2v) is 10.7. The summed E-state index contributed by atoms with van der Waals surface area (Å²) in [6.45, 7) is 3.80. The van der Waals surface area contributed by atoms with E-state index in [4.69, 9.17) is 4.74 Å². The van der Waals surface area contributed by atoms with E-state index in [2.05, 4.69) is 15.6 Å². The average molecular weight is 416 g/mol. The van der Waals surface area contributed by atoms with Gasteiger partial charge in [0.25, 0.3) is 0 Å². The third-order valence-electron chi connectivity index (χ3n) is 6.37. The van der Waals surface area contributed by atoms with Crippen LogP contribution in [0.5, 0.6) is 0 Å². The molecule has 28 heavy (non-hydrogen) atoms. The highest BCUT2D eigenvalue weighted by atomic mass is 32.2. The molecule has 0 spiro atoms. The first-order valence-electron chi connectivity index (χ1n) is 9.87. The van der Waals surface area contributed by atoms with Crippen LogP contribution in [0.25, 0.3) is 0 Å². The Balaban J connectivity index is 1.49. The Labute approximate surface area is 165 Å². The first-order valence-corrected chi connectivity index (χ1v) is 11.4. The van der Waals surface area contributed by atoms with Crippen molar-refractivity contribution in [2.24, 2.45) is 5.92 Å². The Morgan fingerprint density at radius 1 is 1.25 bits per heavy atom. The Morgan fingerprint density at radius 3 is 2.57 bits per heavy atom. The molecule has 0 aromatic heterocycles. The van der Waals surface area contributed by atoms with E-state index in [0.717, 1.165) is 12.8 Å². The minimum Gasteiger partial charge on any atom is -0.341 e. The number of carbonyl (C=O) groups is 2. The number of hydrogen-bond donors (Lipinski definition) is 3. The summed E-state index contributed by atoms with van der Waals surface area (Å²) < 4.78 is 34.0. The van der Waals surface area contributed by atoms with Gasteiger partial charge in [-0.2, -0.15) is 0 Å². The second-order valence-electron chi connectivity index (χ2n) is 8.71. The van der Waals surface area contributed by atoms with Gasteiger partial charge >= 0.3 is 6.03 Å². The van der Waals surface area contributed by atoms with Gasteiger partial charge in [0.1, 0.15) is 12.5 Å². The lowest BCUT2D eigenvalue weighted by atomic mass is 9.81. The summed E-state index contributed by atoms with van der Waals surface area (Å²) in [4.78, 5) is 28.6. The van der Waals surface area contributed by atoms with Gasteiger partial charge in [0.15, 0.2) is 0 Å². The van der Waals surface area contributed by atoms with Crippen molar-refractivity contribution in [3.63, 3.8) is 0 Å². The van der Waals surface area contributed by atoms with Crippen molar-refractivity contribution in [1.29, 1.82) is 0 Å². The molecule has 2 aliphatic carbocycles. The minimum absolute atomic E-state index is 0.0797. The van der Waals surface area contributed by atoms with E-state index in [1.54, 1.807) is 11.9 Å². The molecule has 2 aliphatic heterocycles.